The second kappa shape index (κ2) is 5.24. The number of amides is 4. The number of carbonyl (C=O) groups is 3. The van der Waals surface area contributed by atoms with Gasteiger partial charge in [0.25, 0.3) is 11.8 Å². The fraction of sp³-hybridized carbons (Fsp3) is 0.267. The maximum atomic E-state index is 12.8. The van der Waals surface area contributed by atoms with Gasteiger partial charge in [0.05, 0.1) is 12.2 Å². The van der Waals surface area contributed by atoms with E-state index in [9.17, 15) is 14.4 Å². The van der Waals surface area contributed by atoms with Crippen LogP contribution in [0.4, 0.5) is 4.79 Å². The number of hydrogen-bond acceptors (Lipinski definition) is 4. The highest BCUT2D eigenvalue weighted by atomic mass is 32.1. The van der Waals surface area contributed by atoms with Crippen LogP contribution in [0.5, 0.6) is 0 Å². The molecule has 4 rings (SSSR count). The van der Waals surface area contributed by atoms with Gasteiger partial charge in [-0.3, -0.25) is 14.9 Å². The summed E-state index contributed by atoms with van der Waals surface area (Å²) < 4.78 is 1.89. The lowest BCUT2D eigenvalue weighted by Gasteiger charge is -2.35. The zero-order chi connectivity index (χ0) is 16.0. The van der Waals surface area contributed by atoms with E-state index in [1.165, 1.54) is 16.2 Å². The second-order valence-corrected chi connectivity index (χ2v) is 6.40. The Balaban J connectivity index is 1.58. The van der Waals surface area contributed by atoms with E-state index in [0.29, 0.717) is 18.0 Å². The number of imide groups is 1. The highest BCUT2D eigenvalue weighted by Gasteiger charge is 2.43. The number of carbonyl (C=O) groups excluding carboxylic acids is 3. The normalized spacial score (nSPS) is 20.6. The van der Waals surface area contributed by atoms with Gasteiger partial charge < -0.3 is 14.4 Å². The van der Waals surface area contributed by atoms with E-state index < -0.39 is 6.04 Å². The molecule has 4 amide bonds. The number of urea groups is 1. The molecular weight excluding hydrogens is 316 g/mol. The highest BCUT2D eigenvalue weighted by Crippen LogP contribution is 2.25. The number of piperazine rings is 1. The summed E-state index contributed by atoms with van der Waals surface area (Å²) in [6.45, 7) is 1.04. The molecule has 2 aromatic rings. The van der Waals surface area contributed by atoms with E-state index >= 15 is 0 Å². The molecule has 0 bridgehead atoms. The van der Waals surface area contributed by atoms with Gasteiger partial charge >= 0.3 is 6.03 Å². The first-order chi connectivity index (χ1) is 11.1. The van der Waals surface area contributed by atoms with Gasteiger partial charge in [-0.1, -0.05) is 0 Å². The van der Waals surface area contributed by atoms with Crippen LogP contribution in [0.2, 0.25) is 0 Å². The number of aromatic nitrogens is 1. The minimum atomic E-state index is -0.574. The van der Waals surface area contributed by atoms with Crippen molar-refractivity contribution in [2.24, 2.45) is 0 Å². The molecular formula is C15H14N4O3S. The van der Waals surface area contributed by atoms with Crippen LogP contribution < -0.4 is 5.32 Å². The summed E-state index contributed by atoms with van der Waals surface area (Å²) in [6.07, 6.45) is 3.78. The molecule has 1 atom stereocenters. The topological polar surface area (TPSA) is 74.7 Å². The first kappa shape index (κ1) is 14.0. The zero-order valence-electron chi connectivity index (χ0n) is 12.1. The van der Waals surface area contributed by atoms with Crippen molar-refractivity contribution in [3.8, 4) is 5.69 Å². The lowest BCUT2D eigenvalue weighted by Crippen LogP contribution is -2.54. The first-order valence-corrected chi connectivity index (χ1v) is 8.14. The summed E-state index contributed by atoms with van der Waals surface area (Å²) in [5, 5.41) is 4.17. The SMILES string of the molecule is O=C1NC(=O)N2CCN(C(=O)c3sccc3-n3cccc3)CC12. The number of rotatable bonds is 2. The number of fused-ring (bicyclic) bond motifs is 1. The van der Waals surface area contributed by atoms with Gasteiger partial charge in [-0.15, -0.1) is 11.3 Å². The van der Waals surface area contributed by atoms with Crippen molar-refractivity contribution in [3.63, 3.8) is 0 Å². The maximum Gasteiger partial charge on any atom is 0.324 e. The highest BCUT2D eigenvalue weighted by molar-refractivity contribution is 7.12. The predicted molar refractivity (Wildman–Crippen MR) is 83.6 cm³/mol. The van der Waals surface area contributed by atoms with Crippen molar-refractivity contribution < 1.29 is 14.4 Å². The van der Waals surface area contributed by atoms with E-state index in [1.807, 2.05) is 40.5 Å². The van der Waals surface area contributed by atoms with E-state index in [4.69, 9.17) is 0 Å². The van der Waals surface area contributed by atoms with Gasteiger partial charge in [0.2, 0.25) is 0 Å². The van der Waals surface area contributed by atoms with Crippen LogP contribution >= 0.6 is 11.3 Å². The summed E-state index contributed by atoms with van der Waals surface area (Å²) >= 11 is 1.38. The van der Waals surface area contributed by atoms with E-state index in [1.54, 1.807) is 4.90 Å². The monoisotopic (exact) mass is 330 g/mol. The van der Waals surface area contributed by atoms with Crippen molar-refractivity contribution in [1.82, 2.24) is 19.7 Å². The zero-order valence-corrected chi connectivity index (χ0v) is 13.0. The Hall–Kier alpha value is -2.61. The average Bonchev–Trinajstić information content (AvgIpc) is 3.27. The van der Waals surface area contributed by atoms with Gasteiger partial charge in [-0.05, 0) is 23.6 Å². The lowest BCUT2D eigenvalue weighted by molar-refractivity contribution is -0.122. The average molecular weight is 330 g/mol. The Morgan fingerprint density at radius 2 is 2.00 bits per heavy atom. The molecule has 4 heterocycles. The molecule has 7 nitrogen and oxygen atoms in total. The lowest BCUT2D eigenvalue weighted by atomic mass is 10.2. The third-order valence-electron chi connectivity index (χ3n) is 4.18. The molecule has 0 aliphatic carbocycles. The molecule has 2 aliphatic rings. The Kier molecular flexibility index (Phi) is 3.19. The van der Waals surface area contributed by atoms with Gasteiger partial charge in [0.15, 0.2) is 0 Å². The summed E-state index contributed by atoms with van der Waals surface area (Å²) in [7, 11) is 0. The van der Waals surface area contributed by atoms with Gasteiger partial charge in [-0.2, -0.15) is 0 Å². The molecule has 0 spiro atoms. The molecule has 2 fully saturated rings. The first-order valence-electron chi connectivity index (χ1n) is 7.27. The largest absolute Gasteiger partial charge is 0.333 e. The molecule has 1 unspecified atom stereocenters. The Labute approximate surface area is 136 Å². The molecule has 1 N–H and O–H groups in total. The van der Waals surface area contributed by atoms with Crippen LogP contribution in [-0.2, 0) is 4.79 Å². The molecule has 2 aliphatic heterocycles. The van der Waals surface area contributed by atoms with Crippen LogP contribution in [0.15, 0.2) is 36.0 Å². The summed E-state index contributed by atoms with van der Waals surface area (Å²) in [5.74, 6) is -0.431. The molecule has 2 aromatic heterocycles. The molecule has 118 valence electrons. The van der Waals surface area contributed by atoms with E-state index in [-0.39, 0.29) is 24.4 Å². The Morgan fingerprint density at radius 3 is 2.78 bits per heavy atom. The molecule has 23 heavy (non-hydrogen) atoms. The third-order valence-corrected chi connectivity index (χ3v) is 5.07. The summed E-state index contributed by atoms with van der Waals surface area (Å²) in [6, 6.07) is 4.77. The number of hydrogen-bond donors (Lipinski definition) is 1. The van der Waals surface area contributed by atoms with E-state index in [0.717, 1.165) is 5.69 Å². The van der Waals surface area contributed by atoms with Crippen molar-refractivity contribution in [2.45, 2.75) is 6.04 Å². The van der Waals surface area contributed by atoms with Gasteiger partial charge in [0.1, 0.15) is 10.9 Å². The Bertz CT molecular complexity index is 783. The smallest absolute Gasteiger partial charge is 0.324 e. The minimum Gasteiger partial charge on any atom is -0.333 e. The van der Waals surface area contributed by atoms with Gasteiger partial charge in [-0.25, -0.2) is 4.79 Å². The van der Waals surface area contributed by atoms with E-state index in [2.05, 4.69) is 5.32 Å². The molecule has 8 heteroatoms. The molecule has 0 aromatic carbocycles. The van der Waals surface area contributed by atoms with Crippen molar-refractivity contribution >= 4 is 29.2 Å². The fourth-order valence-electron chi connectivity index (χ4n) is 3.00. The number of nitrogens with zero attached hydrogens (tertiary/aromatic N) is 3. The van der Waals surface area contributed by atoms with Crippen LogP contribution in [-0.4, -0.2) is 57.9 Å². The van der Waals surface area contributed by atoms with Crippen LogP contribution in [0.25, 0.3) is 5.69 Å². The van der Waals surface area contributed by atoms with Crippen LogP contribution in [0, 0.1) is 0 Å². The van der Waals surface area contributed by atoms with Crippen LogP contribution in [0.1, 0.15) is 9.67 Å². The number of nitrogens with one attached hydrogen (secondary N) is 1. The van der Waals surface area contributed by atoms with Crippen LogP contribution in [0.3, 0.4) is 0 Å². The predicted octanol–water partition coefficient (Wildman–Crippen LogP) is 0.915. The molecule has 0 saturated carbocycles. The summed E-state index contributed by atoms with van der Waals surface area (Å²) in [4.78, 5) is 40.1. The van der Waals surface area contributed by atoms with Crippen molar-refractivity contribution in [1.29, 1.82) is 0 Å². The third kappa shape index (κ3) is 2.22. The number of thiophene rings is 1. The molecule has 0 radical (unpaired) electrons. The van der Waals surface area contributed by atoms with Crippen molar-refractivity contribution in [2.75, 3.05) is 19.6 Å². The van der Waals surface area contributed by atoms with Crippen molar-refractivity contribution in [3.05, 3.63) is 40.8 Å². The standard InChI is InChI=1S/C15H14N4O3S/c20-13-11-9-18(6-7-19(11)15(22)16-13)14(21)12-10(3-8-23-12)17-4-1-2-5-17/h1-5,8,11H,6-7,9H2,(H,16,20,22). The Morgan fingerprint density at radius 1 is 1.22 bits per heavy atom. The fourth-order valence-corrected chi connectivity index (χ4v) is 3.86. The van der Waals surface area contributed by atoms with Gasteiger partial charge in [0, 0.05) is 25.5 Å². The molecule has 2 saturated heterocycles. The quantitative estimate of drug-likeness (QED) is 0.832. The maximum absolute atomic E-state index is 12.8. The minimum absolute atomic E-state index is 0.101. The summed E-state index contributed by atoms with van der Waals surface area (Å²) in [5.41, 5.74) is 0.833. The second-order valence-electron chi connectivity index (χ2n) is 5.48.